The molecule has 2 rings (SSSR count). The van der Waals surface area contributed by atoms with Gasteiger partial charge in [-0.2, -0.15) is 0 Å². The highest BCUT2D eigenvalue weighted by atomic mass is 35.5. The molecular formula is C15H18Cl2N2O3. The molecule has 0 aromatic carbocycles. The number of pyridine rings is 1. The molecule has 0 spiro atoms. The molecular weight excluding hydrogens is 327 g/mol. The molecule has 1 aromatic rings. The Morgan fingerprint density at radius 1 is 1.32 bits per heavy atom. The second-order valence-electron chi connectivity index (χ2n) is 5.45. The van der Waals surface area contributed by atoms with E-state index in [0.717, 1.165) is 12.8 Å². The standard InChI is InChI=1S/C15H18Cl2N2O3/c1-9-11(16)7-12(17)15(18-9)19-13(20)8-22-14(21)6-10-4-2-3-5-10/h7,10H,2-6,8H2,1H3,(H,18,19,20). The minimum Gasteiger partial charge on any atom is -0.456 e. The molecule has 7 heteroatoms. The van der Waals surface area contributed by atoms with E-state index < -0.39 is 5.91 Å². The fourth-order valence-corrected chi connectivity index (χ4v) is 2.88. The smallest absolute Gasteiger partial charge is 0.306 e. The molecule has 1 aliphatic carbocycles. The Bertz CT molecular complexity index is 572. The molecule has 0 radical (unpaired) electrons. The summed E-state index contributed by atoms with van der Waals surface area (Å²) < 4.78 is 4.98. The first kappa shape index (κ1) is 17.0. The van der Waals surface area contributed by atoms with Gasteiger partial charge in [0.05, 0.1) is 15.7 Å². The van der Waals surface area contributed by atoms with Crippen LogP contribution in [0.5, 0.6) is 0 Å². The third kappa shape index (κ3) is 4.85. The van der Waals surface area contributed by atoms with Gasteiger partial charge in [0.2, 0.25) is 0 Å². The van der Waals surface area contributed by atoms with Gasteiger partial charge in [0.25, 0.3) is 5.91 Å². The maximum absolute atomic E-state index is 11.8. The summed E-state index contributed by atoms with van der Waals surface area (Å²) in [6, 6.07) is 1.51. The van der Waals surface area contributed by atoms with Crippen LogP contribution in [-0.4, -0.2) is 23.5 Å². The Morgan fingerprint density at radius 2 is 2.00 bits per heavy atom. The SMILES string of the molecule is Cc1nc(NC(=O)COC(=O)CC2CCCC2)c(Cl)cc1Cl. The number of anilines is 1. The fraction of sp³-hybridized carbons (Fsp3) is 0.533. The molecule has 0 saturated heterocycles. The lowest BCUT2D eigenvalue weighted by atomic mass is 10.1. The number of nitrogens with one attached hydrogen (secondary N) is 1. The van der Waals surface area contributed by atoms with Crippen LogP contribution < -0.4 is 5.32 Å². The molecule has 0 atom stereocenters. The van der Waals surface area contributed by atoms with Gasteiger partial charge in [-0.1, -0.05) is 36.0 Å². The number of rotatable bonds is 5. The van der Waals surface area contributed by atoms with Crippen molar-refractivity contribution in [3.8, 4) is 0 Å². The van der Waals surface area contributed by atoms with Crippen LogP contribution in [0.25, 0.3) is 0 Å². The lowest BCUT2D eigenvalue weighted by Gasteiger charge is -2.10. The average Bonchev–Trinajstić information content (AvgIpc) is 2.95. The summed E-state index contributed by atoms with van der Waals surface area (Å²) >= 11 is 11.8. The quantitative estimate of drug-likeness (QED) is 0.825. The molecule has 0 unspecified atom stereocenters. The number of nitrogens with zero attached hydrogens (tertiary/aromatic N) is 1. The first-order valence-corrected chi connectivity index (χ1v) is 7.99. The van der Waals surface area contributed by atoms with Crippen molar-refractivity contribution in [3.63, 3.8) is 0 Å². The number of amides is 1. The van der Waals surface area contributed by atoms with E-state index in [9.17, 15) is 9.59 Å². The number of ether oxygens (including phenoxy) is 1. The number of carbonyl (C=O) groups is 2. The van der Waals surface area contributed by atoms with Crippen LogP contribution in [-0.2, 0) is 14.3 Å². The van der Waals surface area contributed by atoms with Crippen molar-refractivity contribution < 1.29 is 14.3 Å². The molecule has 0 aliphatic heterocycles. The molecule has 1 aliphatic rings. The lowest BCUT2D eigenvalue weighted by molar-refractivity contribution is -0.148. The van der Waals surface area contributed by atoms with Crippen molar-refractivity contribution in [1.82, 2.24) is 4.98 Å². The Kier molecular flexibility index (Phi) is 6.03. The first-order valence-electron chi connectivity index (χ1n) is 7.24. The number of carbonyl (C=O) groups excluding carboxylic acids is 2. The zero-order chi connectivity index (χ0) is 16.1. The van der Waals surface area contributed by atoms with E-state index in [0.29, 0.717) is 23.1 Å². The Hall–Kier alpha value is -1.33. The number of halogens is 2. The Morgan fingerprint density at radius 3 is 2.68 bits per heavy atom. The zero-order valence-corrected chi connectivity index (χ0v) is 13.8. The third-order valence-corrected chi connectivity index (χ3v) is 4.33. The van der Waals surface area contributed by atoms with E-state index in [1.165, 1.54) is 18.9 Å². The van der Waals surface area contributed by atoms with Gasteiger partial charge < -0.3 is 10.1 Å². The highest BCUT2D eigenvalue weighted by molar-refractivity contribution is 6.36. The van der Waals surface area contributed by atoms with Crippen molar-refractivity contribution in [2.45, 2.75) is 39.0 Å². The van der Waals surface area contributed by atoms with Crippen molar-refractivity contribution in [2.24, 2.45) is 5.92 Å². The summed E-state index contributed by atoms with van der Waals surface area (Å²) in [7, 11) is 0. The summed E-state index contributed by atoms with van der Waals surface area (Å²) in [5.74, 6) is -0.213. The van der Waals surface area contributed by atoms with E-state index in [2.05, 4.69) is 10.3 Å². The normalized spacial score (nSPS) is 14.9. The number of hydrogen-bond acceptors (Lipinski definition) is 4. The van der Waals surface area contributed by atoms with E-state index in [1.807, 2.05) is 0 Å². The summed E-state index contributed by atoms with van der Waals surface area (Å²) in [6.45, 7) is 1.36. The van der Waals surface area contributed by atoms with Gasteiger partial charge in [0, 0.05) is 6.42 Å². The van der Waals surface area contributed by atoms with Crippen LogP contribution in [0.15, 0.2) is 6.07 Å². The Labute approximate surface area is 139 Å². The first-order chi connectivity index (χ1) is 10.5. The number of hydrogen-bond donors (Lipinski definition) is 1. The van der Waals surface area contributed by atoms with E-state index >= 15 is 0 Å². The predicted molar refractivity (Wildman–Crippen MR) is 85.2 cm³/mol. The molecule has 22 heavy (non-hydrogen) atoms. The molecule has 120 valence electrons. The molecule has 1 amide bonds. The van der Waals surface area contributed by atoms with Gasteiger partial charge in [-0.15, -0.1) is 0 Å². The van der Waals surface area contributed by atoms with Crippen LogP contribution in [0, 0.1) is 12.8 Å². The van der Waals surface area contributed by atoms with Gasteiger partial charge in [-0.05, 0) is 31.7 Å². The summed E-state index contributed by atoms with van der Waals surface area (Å²) in [4.78, 5) is 27.5. The minimum absolute atomic E-state index is 0.209. The van der Waals surface area contributed by atoms with E-state index in [4.69, 9.17) is 27.9 Å². The van der Waals surface area contributed by atoms with Gasteiger partial charge in [-0.25, -0.2) is 4.98 Å². The summed E-state index contributed by atoms with van der Waals surface area (Å²) in [5.41, 5.74) is 0.555. The second-order valence-corrected chi connectivity index (χ2v) is 6.26. The summed E-state index contributed by atoms with van der Waals surface area (Å²) in [6.07, 6.45) is 4.83. The predicted octanol–water partition coefficient (Wildman–Crippen LogP) is 3.76. The largest absolute Gasteiger partial charge is 0.456 e. The van der Waals surface area contributed by atoms with Crippen LogP contribution in [0.2, 0.25) is 10.0 Å². The van der Waals surface area contributed by atoms with Crippen molar-refractivity contribution >= 4 is 40.9 Å². The highest BCUT2D eigenvalue weighted by Crippen LogP contribution is 2.28. The topological polar surface area (TPSA) is 68.3 Å². The van der Waals surface area contributed by atoms with Crippen LogP contribution in [0.1, 0.15) is 37.8 Å². The minimum atomic E-state index is -0.476. The second kappa shape index (κ2) is 7.79. The molecule has 1 fully saturated rings. The van der Waals surface area contributed by atoms with Gasteiger partial charge in [0.15, 0.2) is 12.4 Å². The van der Waals surface area contributed by atoms with Crippen LogP contribution in [0.3, 0.4) is 0 Å². The van der Waals surface area contributed by atoms with Crippen molar-refractivity contribution in [2.75, 3.05) is 11.9 Å². The maximum atomic E-state index is 11.8. The van der Waals surface area contributed by atoms with E-state index in [1.54, 1.807) is 6.92 Å². The zero-order valence-electron chi connectivity index (χ0n) is 12.3. The van der Waals surface area contributed by atoms with Crippen molar-refractivity contribution in [3.05, 3.63) is 21.8 Å². The molecule has 1 saturated carbocycles. The Balaban J connectivity index is 1.80. The molecule has 1 aromatic heterocycles. The summed E-state index contributed by atoms with van der Waals surface area (Å²) in [5, 5.41) is 3.17. The number of aromatic nitrogens is 1. The van der Waals surface area contributed by atoms with E-state index in [-0.39, 0.29) is 23.4 Å². The van der Waals surface area contributed by atoms with Crippen molar-refractivity contribution in [1.29, 1.82) is 0 Å². The fourth-order valence-electron chi connectivity index (χ4n) is 2.47. The van der Waals surface area contributed by atoms with Gasteiger partial charge in [0.1, 0.15) is 0 Å². The maximum Gasteiger partial charge on any atom is 0.306 e. The lowest BCUT2D eigenvalue weighted by Crippen LogP contribution is -2.22. The number of aryl methyl sites for hydroxylation is 1. The van der Waals surface area contributed by atoms with Gasteiger partial charge in [-0.3, -0.25) is 9.59 Å². The van der Waals surface area contributed by atoms with Gasteiger partial charge >= 0.3 is 5.97 Å². The molecule has 5 nitrogen and oxygen atoms in total. The average molecular weight is 345 g/mol. The van der Waals surface area contributed by atoms with Crippen LogP contribution in [0.4, 0.5) is 5.82 Å². The van der Waals surface area contributed by atoms with Crippen LogP contribution >= 0.6 is 23.2 Å². The monoisotopic (exact) mass is 344 g/mol. The molecule has 1 heterocycles. The highest BCUT2D eigenvalue weighted by Gasteiger charge is 2.20. The third-order valence-electron chi connectivity index (χ3n) is 3.66. The molecule has 0 bridgehead atoms. The number of esters is 1. The molecule has 1 N–H and O–H groups in total.